The third kappa shape index (κ3) is 2.51. The first-order valence-electron chi connectivity index (χ1n) is 8.02. The monoisotopic (exact) mass is 322 g/mol. The summed E-state index contributed by atoms with van der Waals surface area (Å²) in [6.07, 6.45) is 3.84. The van der Waals surface area contributed by atoms with Gasteiger partial charge in [-0.05, 0) is 31.4 Å². The average Bonchev–Trinajstić information content (AvgIpc) is 3.16. The van der Waals surface area contributed by atoms with Crippen LogP contribution in [0.25, 0.3) is 11.2 Å². The van der Waals surface area contributed by atoms with Crippen LogP contribution in [0.1, 0.15) is 50.6 Å². The highest BCUT2D eigenvalue weighted by Gasteiger charge is 2.24. The maximum Gasteiger partial charge on any atom is 0.332 e. The van der Waals surface area contributed by atoms with Crippen LogP contribution in [0, 0.1) is 0 Å². The van der Waals surface area contributed by atoms with Crippen molar-refractivity contribution in [2.45, 2.75) is 57.9 Å². The maximum absolute atomic E-state index is 12.6. The molecule has 3 rings (SSSR count). The van der Waals surface area contributed by atoms with Crippen LogP contribution in [0.2, 0.25) is 0 Å². The van der Waals surface area contributed by atoms with Crippen molar-refractivity contribution in [3.8, 4) is 0 Å². The number of H-pyrrole nitrogens is 1. The standard InChI is InChI=1S/C15H22N4O2S/c1-3-7-18-13-11(14(20)19(8-4-2)15(18)21)16-12(17-13)10-6-5-9-22-10/h10H,3-9H2,1-2H3,(H,16,17). The lowest BCUT2D eigenvalue weighted by molar-refractivity contribution is 0.555. The molecule has 0 bridgehead atoms. The van der Waals surface area contributed by atoms with Gasteiger partial charge in [0.05, 0.1) is 5.25 Å². The lowest BCUT2D eigenvalue weighted by Gasteiger charge is -2.09. The number of hydrogen-bond donors (Lipinski definition) is 1. The fourth-order valence-electron chi connectivity index (χ4n) is 2.98. The van der Waals surface area contributed by atoms with Crippen LogP contribution in [0.5, 0.6) is 0 Å². The number of aromatic amines is 1. The van der Waals surface area contributed by atoms with Gasteiger partial charge in [-0.1, -0.05) is 13.8 Å². The van der Waals surface area contributed by atoms with Crippen molar-refractivity contribution in [2.75, 3.05) is 5.75 Å². The summed E-state index contributed by atoms with van der Waals surface area (Å²) in [6, 6.07) is 0. The van der Waals surface area contributed by atoms with Gasteiger partial charge in [0.2, 0.25) is 0 Å². The van der Waals surface area contributed by atoms with Crippen molar-refractivity contribution in [1.29, 1.82) is 0 Å². The van der Waals surface area contributed by atoms with E-state index in [1.807, 2.05) is 25.6 Å². The zero-order chi connectivity index (χ0) is 15.7. The Hall–Kier alpha value is -1.50. The van der Waals surface area contributed by atoms with Gasteiger partial charge in [0.1, 0.15) is 11.3 Å². The molecule has 2 aromatic heterocycles. The number of thioether (sulfide) groups is 1. The molecule has 1 fully saturated rings. The van der Waals surface area contributed by atoms with Gasteiger partial charge in [-0.2, -0.15) is 11.8 Å². The number of imidazole rings is 1. The Morgan fingerprint density at radius 3 is 2.59 bits per heavy atom. The first-order chi connectivity index (χ1) is 10.7. The summed E-state index contributed by atoms with van der Waals surface area (Å²) in [4.78, 5) is 33.0. The molecule has 0 radical (unpaired) electrons. The SMILES string of the molecule is CCCn1c(=O)c2[nH]c(C3CCCS3)nc2n(CCC)c1=O. The Bertz CT molecular complexity index is 783. The van der Waals surface area contributed by atoms with Gasteiger partial charge in [-0.3, -0.25) is 13.9 Å². The summed E-state index contributed by atoms with van der Waals surface area (Å²) in [5, 5.41) is 0.316. The number of nitrogens with zero attached hydrogens (tertiary/aromatic N) is 3. The van der Waals surface area contributed by atoms with Crippen LogP contribution < -0.4 is 11.2 Å². The van der Waals surface area contributed by atoms with E-state index < -0.39 is 0 Å². The molecule has 3 heterocycles. The van der Waals surface area contributed by atoms with E-state index in [0.717, 1.165) is 30.8 Å². The summed E-state index contributed by atoms with van der Waals surface area (Å²) >= 11 is 1.86. The van der Waals surface area contributed by atoms with Gasteiger partial charge in [0.15, 0.2) is 5.65 Å². The zero-order valence-electron chi connectivity index (χ0n) is 13.1. The molecular weight excluding hydrogens is 300 g/mol. The molecule has 0 saturated carbocycles. The van der Waals surface area contributed by atoms with E-state index in [2.05, 4.69) is 9.97 Å². The molecule has 0 amide bonds. The molecule has 1 unspecified atom stereocenters. The highest BCUT2D eigenvalue weighted by molar-refractivity contribution is 7.99. The van der Waals surface area contributed by atoms with Crippen molar-refractivity contribution in [3.05, 3.63) is 26.7 Å². The molecule has 1 saturated heterocycles. The second-order valence-corrected chi connectivity index (χ2v) is 7.02. The van der Waals surface area contributed by atoms with E-state index in [0.29, 0.717) is 29.5 Å². The number of nitrogens with one attached hydrogen (secondary N) is 1. The van der Waals surface area contributed by atoms with Gasteiger partial charge in [0.25, 0.3) is 5.56 Å². The van der Waals surface area contributed by atoms with Crippen LogP contribution in [-0.4, -0.2) is 24.9 Å². The van der Waals surface area contributed by atoms with Gasteiger partial charge in [-0.15, -0.1) is 0 Å². The average molecular weight is 322 g/mol. The molecule has 1 aliphatic heterocycles. The molecule has 120 valence electrons. The minimum absolute atomic E-state index is 0.238. The fourth-order valence-corrected chi connectivity index (χ4v) is 4.20. The van der Waals surface area contributed by atoms with E-state index in [1.165, 1.54) is 11.0 Å². The third-order valence-electron chi connectivity index (χ3n) is 4.01. The number of hydrogen-bond acceptors (Lipinski definition) is 4. The van der Waals surface area contributed by atoms with Crippen LogP contribution in [0.15, 0.2) is 9.59 Å². The highest BCUT2D eigenvalue weighted by Crippen LogP contribution is 2.38. The summed E-state index contributed by atoms with van der Waals surface area (Å²) in [5.74, 6) is 1.97. The molecule has 1 atom stereocenters. The first-order valence-corrected chi connectivity index (χ1v) is 9.07. The van der Waals surface area contributed by atoms with Crippen LogP contribution >= 0.6 is 11.8 Å². The van der Waals surface area contributed by atoms with Gasteiger partial charge >= 0.3 is 5.69 Å². The predicted molar refractivity (Wildman–Crippen MR) is 89.6 cm³/mol. The highest BCUT2D eigenvalue weighted by atomic mass is 32.2. The summed E-state index contributed by atoms with van der Waals surface area (Å²) in [6.45, 7) is 5.02. The smallest absolute Gasteiger partial charge is 0.332 e. The number of aryl methyl sites for hydroxylation is 1. The Balaban J connectivity index is 2.23. The minimum Gasteiger partial charge on any atom is -0.335 e. The Morgan fingerprint density at radius 2 is 1.95 bits per heavy atom. The van der Waals surface area contributed by atoms with E-state index in [4.69, 9.17) is 0 Å². The second kappa shape index (κ2) is 6.32. The largest absolute Gasteiger partial charge is 0.335 e. The normalized spacial score (nSPS) is 18.4. The molecule has 6 nitrogen and oxygen atoms in total. The first kappa shape index (κ1) is 15.4. The van der Waals surface area contributed by atoms with Gasteiger partial charge in [0, 0.05) is 13.1 Å². The molecule has 2 aromatic rings. The second-order valence-electron chi connectivity index (χ2n) is 5.71. The van der Waals surface area contributed by atoms with E-state index >= 15 is 0 Å². The van der Waals surface area contributed by atoms with Crippen molar-refractivity contribution < 1.29 is 0 Å². The fraction of sp³-hybridized carbons (Fsp3) is 0.667. The predicted octanol–water partition coefficient (Wildman–Crippen LogP) is 2.27. The van der Waals surface area contributed by atoms with Crippen molar-refractivity contribution >= 4 is 22.9 Å². The van der Waals surface area contributed by atoms with Crippen LogP contribution in [-0.2, 0) is 13.1 Å². The van der Waals surface area contributed by atoms with Crippen molar-refractivity contribution in [2.24, 2.45) is 0 Å². The molecule has 7 heteroatoms. The Morgan fingerprint density at radius 1 is 1.23 bits per heavy atom. The molecule has 22 heavy (non-hydrogen) atoms. The van der Waals surface area contributed by atoms with Crippen LogP contribution in [0.4, 0.5) is 0 Å². The third-order valence-corrected chi connectivity index (χ3v) is 5.39. The summed E-state index contributed by atoms with van der Waals surface area (Å²) < 4.78 is 2.98. The van der Waals surface area contributed by atoms with Crippen LogP contribution in [0.3, 0.4) is 0 Å². The van der Waals surface area contributed by atoms with E-state index in [1.54, 1.807) is 4.57 Å². The van der Waals surface area contributed by atoms with Gasteiger partial charge < -0.3 is 4.98 Å². The molecule has 1 N–H and O–H groups in total. The Kier molecular flexibility index (Phi) is 4.42. The summed E-state index contributed by atoms with van der Waals surface area (Å²) in [5.41, 5.74) is 0.518. The molecule has 0 aliphatic carbocycles. The quantitative estimate of drug-likeness (QED) is 0.916. The molecular formula is C15H22N4O2S. The Labute approximate surface area is 132 Å². The molecule has 0 spiro atoms. The van der Waals surface area contributed by atoms with E-state index in [-0.39, 0.29) is 11.2 Å². The topological polar surface area (TPSA) is 72.7 Å². The number of fused-ring (bicyclic) bond motifs is 1. The summed E-state index contributed by atoms with van der Waals surface area (Å²) in [7, 11) is 0. The zero-order valence-corrected chi connectivity index (χ0v) is 13.9. The maximum atomic E-state index is 12.6. The number of rotatable bonds is 5. The number of aromatic nitrogens is 4. The van der Waals surface area contributed by atoms with Crippen molar-refractivity contribution in [3.63, 3.8) is 0 Å². The van der Waals surface area contributed by atoms with E-state index in [9.17, 15) is 9.59 Å². The van der Waals surface area contributed by atoms with Gasteiger partial charge in [-0.25, -0.2) is 9.78 Å². The molecule has 0 aromatic carbocycles. The lowest BCUT2D eigenvalue weighted by Crippen LogP contribution is -2.40. The lowest BCUT2D eigenvalue weighted by atomic mass is 10.2. The van der Waals surface area contributed by atoms with Crippen molar-refractivity contribution in [1.82, 2.24) is 19.1 Å². The molecule has 1 aliphatic rings. The minimum atomic E-state index is -0.240.